The van der Waals surface area contributed by atoms with Crippen LogP contribution in [-0.2, 0) is 15.0 Å². The standard InChI is InChI=1S/C23H20N2O2S2/c1-22(2)12-23(3,13-8-5-4-6-9-13)15-11-7-10-14-16(20(27)25(22)17(14)15)18-19(26)24-21(28)29-18/h4-11H,12H2,1-3H3,(H,24,26,28)/b18-16-/t23-/m1/s1. The van der Waals surface area contributed by atoms with Crippen LogP contribution in [0.3, 0.4) is 0 Å². The van der Waals surface area contributed by atoms with Crippen molar-refractivity contribution in [1.29, 1.82) is 0 Å². The van der Waals surface area contributed by atoms with Gasteiger partial charge in [0, 0.05) is 16.5 Å². The largest absolute Gasteiger partial charge is 0.307 e. The first-order valence-electron chi connectivity index (χ1n) is 9.55. The zero-order chi connectivity index (χ0) is 20.6. The Balaban J connectivity index is 1.82. The van der Waals surface area contributed by atoms with Crippen LogP contribution in [-0.4, -0.2) is 21.7 Å². The van der Waals surface area contributed by atoms with Gasteiger partial charge in [-0.25, -0.2) is 0 Å². The lowest BCUT2D eigenvalue weighted by atomic mass is 9.65. The van der Waals surface area contributed by atoms with Crippen molar-refractivity contribution < 1.29 is 9.59 Å². The normalized spacial score (nSPS) is 27.3. The summed E-state index contributed by atoms with van der Waals surface area (Å²) < 4.78 is 0.393. The number of amides is 2. The Bertz CT molecular complexity index is 1140. The highest BCUT2D eigenvalue weighted by Gasteiger charge is 2.53. The van der Waals surface area contributed by atoms with Gasteiger partial charge in [0.2, 0.25) is 0 Å². The first kappa shape index (κ1) is 18.6. The van der Waals surface area contributed by atoms with Crippen LogP contribution in [0.1, 0.15) is 43.9 Å². The molecule has 1 saturated heterocycles. The minimum absolute atomic E-state index is 0.116. The van der Waals surface area contributed by atoms with Crippen LogP contribution in [0.5, 0.6) is 0 Å². The molecule has 0 aliphatic carbocycles. The van der Waals surface area contributed by atoms with Crippen molar-refractivity contribution in [3.05, 3.63) is 70.1 Å². The Morgan fingerprint density at radius 1 is 1.03 bits per heavy atom. The average molecular weight is 421 g/mol. The fourth-order valence-corrected chi connectivity index (χ4v) is 6.25. The van der Waals surface area contributed by atoms with E-state index >= 15 is 0 Å². The lowest BCUT2D eigenvalue weighted by molar-refractivity contribution is -0.116. The molecule has 146 valence electrons. The van der Waals surface area contributed by atoms with Crippen molar-refractivity contribution in [3.63, 3.8) is 0 Å². The Kier molecular flexibility index (Phi) is 3.86. The SMILES string of the molecule is CC1(C)C[C@](C)(c2ccccc2)c2cccc3c2N1C(=O)/C3=C1\SC(=S)NC1=O. The molecule has 1 atom stereocenters. The average Bonchev–Trinajstić information content (AvgIpc) is 3.16. The first-order valence-corrected chi connectivity index (χ1v) is 10.8. The smallest absolute Gasteiger partial charge is 0.264 e. The van der Waals surface area contributed by atoms with Crippen molar-refractivity contribution >= 4 is 51.4 Å². The summed E-state index contributed by atoms with van der Waals surface area (Å²) >= 11 is 6.34. The van der Waals surface area contributed by atoms with Gasteiger partial charge in [-0.2, -0.15) is 0 Å². The van der Waals surface area contributed by atoms with E-state index in [2.05, 4.69) is 56.4 Å². The van der Waals surface area contributed by atoms with Gasteiger partial charge < -0.3 is 10.2 Å². The molecule has 0 radical (unpaired) electrons. The molecule has 2 aromatic rings. The van der Waals surface area contributed by atoms with Gasteiger partial charge in [-0.3, -0.25) is 9.59 Å². The molecule has 29 heavy (non-hydrogen) atoms. The second-order valence-electron chi connectivity index (χ2n) is 8.58. The topological polar surface area (TPSA) is 49.4 Å². The van der Waals surface area contributed by atoms with Gasteiger partial charge in [0.15, 0.2) is 0 Å². The Hall–Kier alpha value is -2.44. The zero-order valence-electron chi connectivity index (χ0n) is 16.4. The Morgan fingerprint density at radius 2 is 1.76 bits per heavy atom. The minimum atomic E-state index is -0.409. The second-order valence-corrected chi connectivity index (χ2v) is 10.3. The molecule has 6 heteroatoms. The molecule has 0 spiro atoms. The van der Waals surface area contributed by atoms with Crippen molar-refractivity contribution in [2.24, 2.45) is 0 Å². The molecule has 5 rings (SSSR count). The Labute approximate surface area is 179 Å². The number of nitrogens with zero attached hydrogens (tertiary/aromatic N) is 1. The molecule has 0 aromatic heterocycles. The number of hydrogen-bond acceptors (Lipinski definition) is 4. The van der Waals surface area contributed by atoms with Gasteiger partial charge in [-0.15, -0.1) is 0 Å². The van der Waals surface area contributed by atoms with Gasteiger partial charge in [0.1, 0.15) is 4.32 Å². The van der Waals surface area contributed by atoms with Crippen LogP contribution in [0.4, 0.5) is 5.69 Å². The fraction of sp³-hybridized carbons (Fsp3) is 0.261. The van der Waals surface area contributed by atoms with Crippen LogP contribution in [0.15, 0.2) is 53.4 Å². The molecule has 0 saturated carbocycles. The highest BCUT2D eigenvalue weighted by Crippen LogP contribution is 2.57. The number of hydrogen-bond donors (Lipinski definition) is 1. The molecule has 1 fully saturated rings. The number of carbonyl (C=O) groups is 2. The molecular weight excluding hydrogens is 400 g/mol. The summed E-state index contributed by atoms with van der Waals surface area (Å²) in [5.41, 5.74) is 3.91. The van der Waals surface area contributed by atoms with Crippen molar-refractivity contribution in [3.8, 4) is 0 Å². The molecule has 3 aliphatic rings. The third-order valence-electron chi connectivity index (χ3n) is 6.19. The molecular formula is C23H20N2O2S2. The van der Waals surface area contributed by atoms with E-state index in [-0.39, 0.29) is 17.2 Å². The lowest BCUT2D eigenvalue weighted by Gasteiger charge is -2.49. The molecule has 4 nitrogen and oxygen atoms in total. The van der Waals surface area contributed by atoms with Crippen LogP contribution in [0.2, 0.25) is 0 Å². The second kappa shape index (κ2) is 6.03. The molecule has 0 bridgehead atoms. The predicted molar refractivity (Wildman–Crippen MR) is 121 cm³/mol. The maximum absolute atomic E-state index is 13.6. The highest BCUT2D eigenvalue weighted by atomic mass is 32.2. The van der Waals surface area contributed by atoms with Crippen LogP contribution in [0, 0.1) is 0 Å². The maximum atomic E-state index is 13.6. The van der Waals surface area contributed by atoms with Gasteiger partial charge in [-0.1, -0.05) is 79.4 Å². The van der Waals surface area contributed by atoms with Gasteiger partial charge in [0.25, 0.3) is 11.8 Å². The number of benzene rings is 2. The van der Waals surface area contributed by atoms with E-state index in [4.69, 9.17) is 12.2 Å². The molecule has 3 heterocycles. The number of thiocarbonyl (C=S) groups is 1. The summed E-state index contributed by atoms with van der Waals surface area (Å²) in [4.78, 5) is 28.4. The third kappa shape index (κ3) is 2.49. The molecule has 1 N–H and O–H groups in total. The molecule has 2 aromatic carbocycles. The van der Waals surface area contributed by atoms with E-state index in [9.17, 15) is 9.59 Å². The number of thioether (sulfide) groups is 1. The molecule has 0 unspecified atom stereocenters. The van der Waals surface area contributed by atoms with Crippen LogP contribution < -0.4 is 10.2 Å². The Morgan fingerprint density at radius 3 is 2.41 bits per heavy atom. The quantitative estimate of drug-likeness (QED) is 0.549. The van der Waals surface area contributed by atoms with Gasteiger partial charge in [0.05, 0.1) is 16.2 Å². The molecule has 3 aliphatic heterocycles. The summed E-state index contributed by atoms with van der Waals surface area (Å²) in [5, 5.41) is 2.65. The van der Waals surface area contributed by atoms with Crippen LogP contribution >= 0.6 is 24.0 Å². The summed E-state index contributed by atoms with van der Waals surface area (Å²) in [7, 11) is 0. The minimum Gasteiger partial charge on any atom is -0.307 e. The predicted octanol–water partition coefficient (Wildman–Crippen LogP) is 4.38. The summed E-state index contributed by atoms with van der Waals surface area (Å²) in [6.45, 7) is 6.45. The maximum Gasteiger partial charge on any atom is 0.264 e. The number of rotatable bonds is 1. The highest BCUT2D eigenvalue weighted by molar-refractivity contribution is 8.27. The van der Waals surface area contributed by atoms with Crippen molar-refractivity contribution in [2.75, 3.05) is 4.90 Å². The lowest BCUT2D eigenvalue weighted by Crippen LogP contribution is -2.54. The van der Waals surface area contributed by atoms with E-state index < -0.39 is 5.54 Å². The molecule has 2 amide bonds. The van der Waals surface area contributed by atoms with Crippen LogP contribution in [0.25, 0.3) is 5.57 Å². The van der Waals surface area contributed by atoms with Gasteiger partial charge in [-0.05, 0) is 31.4 Å². The van der Waals surface area contributed by atoms with Crippen molar-refractivity contribution in [1.82, 2.24) is 5.32 Å². The number of para-hydroxylation sites is 1. The zero-order valence-corrected chi connectivity index (χ0v) is 18.0. The van der Waals surface area contributed by atoms with E-state index in [1.165, 1.54) is 17.3 Å². The third-order valence-corrected chi connectivity index (χ3v) is 7.42. The van der Waals surface area contributed by atoms with Crippen molar-refractivity contribution in [2.45, 2.75) is 38.1 Å². The van der Waals surface area contributed by atoms with Gasteiger partial charge >= 0.3 is 0 Å². The monoisotopic (exact) mass is 420 g/mol. The first-order chi connectivity index (χ1) is 13.7. The fourth-order valence-electron chi connectivity index (χ4n) is 5.14. The number of nitrogens with one attached hydrogen (secondary N) is 1. The summed E-state index contributed by atoms with van der Waals surface area (Å²) in [6.07, 6.45) is 0.784. The summed E-state index contributed by atoms with van der Waals surface area (Å²) in [6, 6.07) is 16.5. The van der Waals surface area contributed by atoms with E-state index in [0.29, 0.717) is 14.8 Å². The van der Waals surface area contributed by atoms with E-state index in [1.807, 2.05) is 23.1 Å². The number of anilines is 1. The summed E-state index contributed by atoms with van der Waals surface area (Å²) in [5.74, 6) is -0.403. The number of carbonyl (C=O) groups excluding carboxylic acids is 2. The van der Waals surface area contributed by atoms with E-state index in [1.54, 1.807) is 0 Å². The van der Waals surface area contributed by atoms with E-state index in [0.717, 1.165) is 23.2 Å².